The van der Waals surface area contributed by atoms with Crippen LogP contribution in [-0.2, 0) is 15.4 Å². The van der Waals surface area contributed by atoms with Crippen molar-refractivity contribution in [2.24, 2.45) is 0 Å². The number of sulfonamides is 1. The van der Waals surface area contributed by atoms with Gasteiger partial charge in [0.25, 0.3) is 5.91 Å². The van der Waals surface area contributed by atoms with Crippen LogP contribution in [0.3, 0.4) is 0 Å². The first-order valence-corrected chi connectivity index (χ1v) is 12.0. The molecule has 1 saturated heterocycles. The largest absolute Gasteiger partial charge is 0.351 e. The summed E-state index contributed by atoms with van der Waals surface area (Å²) in [7, 11) is -3.21. The number of fused-ring (bicyclic) bond motifs is 1. The molecule has 2 aliphatic heterocycles. The third-order valence-electron chi connectivity index (χ3n) is 5.82. The minimum Gasteiger partial charge on any atom is -0.351 e. The number of benzene rings is 1. The highest BCUT2D eigenvalue weighted by Crippen LogP contribution is 2.33. The smallest absolute Gasteiger partial charge is 0.251 e. The molecule has 0 aliphatic carbocycles. The van der Waals surface area contributed by atoms with Gasteiger partial charge in [-0.3, -0.25) is 4.79 Å². The number of carbonyl (C=O) groups excluding carboxylic acids is 1. The van der Waals surface area contributed by atoms with Crippen molar-refractivity contribution in [2.45, 2.75) is 38.1 Å². The first kappa shape index (κ1) is 20.7. The summed E-state index contributed by atoms with van der Waals surface area (Å²) in [5.41, 5.74) is 3.22. The molecule has 9 heteroatoms. The van der Waals surface area contributed by atoms with Gasteiger partial charge in [-0.1, -0.05) is 19.9 Å². The number of anilines is 1. The molecule has 2 aliphatic rings. The lowest BCUT2D eigenvalue weighted by atomic mass is 9.78. The molecule has 0 saturated carbocycles. The maximum absolute atomic E-state index is 12.2. The fourth-order valence-corrected chi connectivity index (χ4v) is 5.00. The number of amides is 1. The fourth-order valence-electron chi connectivity index (χ4n) is 4.09. The normalized spacial score (nSPS) is 21.6. The number of aromatic nitrogens is 2. The van der Waals surface area contributed by atoms with Gasteiger partial charge >= 0.3 is 0 Å². The Hall–Kier alpha value is -2.52. The molecular weight excluding hydrogens is 402 g/mol. The first-order chi connectivity index (χ1) is 14.1. The van der Waals surface area contributed by atoms with Gasteiger partial charge in [-0.2, -0.15) is 0 Å². The van der Waals surface area contributed by atoms with Crippen LogP contribution in [0.4, 0.5) is 5.95 Å². The quantitative estimate of drug-likeness (QED) is 0.770. The fraction of sp³-hybridized carbons (Fsp3) is 0.476. The van der Waals surface area contributed by atoms with Crippen molar-refractivity contribution in [2.75, 3.05) is 31.2 Å². The SMILES string of the molecule is CC1(C)CNC(=O)c2ccc(-c3ccnc(N[C@@H]4CCCN(S(C)(=O)=O)C4)n3)cc21. The second kappa shape index (κ2) is 7.63. The highest BCUT2D eigenvalue weighted by molar-refractivity contribution is 7.88. The molecule has 1 fully saturated rings. The predicted molar refractivity (Wildman–Crippen MR) is 116 cm³/mol. The molecule has 0 spiro atoms. The topological polar surface area (TPSA) is 104 Å². The summed E-state index contributed by atoms with van der Waals surface area (Å²) < 4.78 is 25.2. The number of rotatable bonds is 4. The molecule has 8 nitrogen and oxygen atoms in total. The molecule has 0 bridgehead atoms. The molecular formula is C21H27N5O3S. The maximum atomic E-state index is 12.2. The van der Waals surface area contributed by atoms with E-state index in [1.807, 2.05) is 24.3 Å². The Morgan fingerprint density at radius 1 is 1.27 bits per heavy atom. The number of carbonyl (C=O) groups is 1. The summed E-state index contributed by atoms with van der Waals surface area (Å²) >= 11 is 0. The van der Waals surface area contributed by atoms with Crippen molar-refractivity contribution in [3.05, 3.63) is 41.6 Å². The highest BCUT2D eigenvalue weighted by atomic mass is 32.2. The van der Waals surface area contributed by atoms with Crippen LogP contribution in [0.2, 0.25) is 0 Å². The zero-order valence-electron chi connectivity index (χ0n) is 17.5. The molecule has 30 heavy (non-hydrogen) atoms. The molecule has 1 aromatic carbocycles. The summed E-state index contributed by atoms with van der Waals surface area (Å²) in [6.07, 6.45) is 4.59. The Morgan fingerprint density at radius 2 is 2.07 bits per heavy atom. The number of piperidine rings is 1. The van der Waals surface area contributed by atoms with E-state index >= 15 is 0 Å². The van der Waals surface area contributed by atoms with E-state index in [2.05, 4.69) is 34.4 Å². The molecule has 160 valence electrons. The highest BCUT2D eigenvalue weighted by Gasteiger charge is 2.32. The summed E-state index contributed by atoms with van der Waals surface area (Å²) in [4.78, 5) is 21.2. The molecule has 2 N–H and O–H groups in total. The Kier molecular flexibility index (Phi) is 5.27. The second-order valence-electron chi connectivity index (χ2n) is 8.70. The van der Waals surface area contributed by atoms with Crippen LogP contribution in [0.15, 0.2) is 30.5 Å². The van der Waals surface area contributed by atoms with Gasteiger partial charge in [0.2, 0.25) is 16.0 Å². The van der Waals surface area contributed by atoms with E-state index in [1.165, 1.54) is 10.6 Å². The van der Waals surface area contributed by atoms with E-state index in [4.69, 9.17) is 0 Å². The lowest BCUT2D eigenvalue weighted by Gasteiger charge is -2.32. The maximum Gasteiger partial charge on any atom is 0.251 e. The van der Waals surface area contributed by atoms with Gasteiger partial charge in [0.15, 0.2) is 0 Å². The molecule has 1 amide bonds. The lowest BCUT2D eigenvalue weighted by Crippen LogP contribution is -2.44. The summed E-state index contributed by atoms with van der Waals surface area (Å²) in [5, 5.41) is 6.22. The van der Waals surface area contributed by atoms with Gasteiger partial charge in [0.1, 0.15) is 0 Å². The van der Waals surface area contributed by atoms with Crippen molar-refractivity contribution < 1.29 is 13.2 Å². The second-order valence-corrected chi connectivity index (χ2v) is 10.7. The molecule has 1 atom stereocenters. The minimum absolute atomic E-state index is 0.0325. The predicted octanol–water partition coefficient (Wildman–Crippen LogP) is 2.00. The lowest BCUT2D eigenvalue weighted by molar-refractivity contribution is 0.0930. The Labute approximate surface area is 177 Å². The van der Waals surface area contributed by atoms with Crippen molar-refractivity contribution in [3.8, 4) is 11.3 Å². The monoisotopic (exact) mass is 429 g/mol. The van der Waals surface area contributed by atoms with Gasteiger partial charge in [0, 0.05) is 48.4 Å². The summed E-state index contributed by atoms with van der Waals surface area (Å²) in [6.45, 7) is 5.78. The third-order valence-corrected chi connectivity index (χ3v) is 7.09. The zero-order valence-corrected chi connectivity index (χ0v) is 18.3. The van der Waals surface area contributed by atoms with Crippen LogP contribution in [0.1, 0.15) is 42.6 Å². The molecule has 2 aromatic rings. The number of hydrogen-bond acceptors (Lipinski definition) is 6. The molecule has 1 aromatic heterocycles. The van der Waals surface area contributed by atoms with Crippen LogP contribution in [0.25, 0.3) is 11.3 Å². The minimum atomic E-state index is -3.21. The van der Waals surface area contributed by atoms with Gasteiger partial charge < -0.3 is 10.6 Å². The standard InChI is InChI=1S/C21H27N5O3S/c1-21(2)13-23-19(27)16-7-6-14(11-17(16)21)18-8-9-22-20(25-18)24-15-5-4-10-26(12-15)30(3,28)29/h6-9,11,15H,4-5,10,12-13H2,1-3H3,(H,23,27)(H,22,24,25)/t15-/m1/s1. The molecule has 3 heterocycles. The molecule has 0 unspecified atom stereocenters. The first-order valence-electron chi connectivity index (χ1n) is 10.1. The number of hydrogen-bond donors (Lipinski definition) is 2. The Bertz CT molecular complexity index is 1080. The van der Waals surface area contributed by atoms with Crippen LogP contribution < -0.4 is 10.6 Å². The van der Waals surface area contributed by atoms with E-state index in [1.54, 1.807) is 6.20 Å². The van der Waals surface area contributed by atoms with Gasteiger partial charge in [-0.25, -0.2) is 22.7 Å². The van der Waals surface area contributed by atoms with E-state index in [0.29, 0.717) is 31.1 Å². The average Bonchev–Trinajstić information content (AvgIpc) is 2.71. The van der Waals surface area contributed by atoms with Crippen molar-refractivity contribution >= 4 is 21.9 Å². The zero-order chi connectivity index (χ0) is 21.5. The van der Waals surface area contributed by atoms with Crippen LogP contribution in [0, 0.1) is 0 Å². The Balaban J connectivity index is 1.58. The van der Waals surface area contributed by atoms with Crippen LogP contribution >= 0.6 is 0 Å². The number of nitrogens with one attached hydrogen (secondary N) is 2. The van der Waals surface area contributed by atoms with E-state index in [-0.39, 0.29) is 17.4 Å². The van der Waals surface area contributed by atoms with E-state index in [9.17, 15) is 13.2 Å². The summed E-state index contributed by atoms with van der Waals surface area (Å²) in [6, 6.07) is 7.59. The van der Waals surface area contributed by atoms with E-state index < -0.39 is 10.0 Å². The van der Waals surface area contributed by atoms with E-state index in [0.717, 1.165) is 29.7 Å². The average molecular weight is 430 g/mol. The van der Waals surface area contributed by atoms with Crippen LogP contribution in [0.5, 0.6) is 0 Å². The molecule has 4 rings (SSSR count). The molecule has 0 radical (unpaired) electrons. The third kappa shape index (κ3) is 4.17. The van der Waals surface area contributed by atoms with Crippen molar-refractivity contribution in [1.29, 1.82) is 0 Å². The van der Waals surface area contributed by atoms with Gasteiger partial charge in [0.05, 0.1) is 11.9 Å². The number of nitrogens with zero attached hydrogens (tertiary/aromatic N) is 3. The van der Waals surface area contributed by atoms with Crippen LogP contribution in [-0.4, -0.2) is 60.5 Å². The van der Waals surface area contributed by atoms with Gasteiger partial charge in [-0.05, 0) is 36.6 Å². The summed E-state index contributed by atoms with van der Waals surface area (Å²) in [5.74, 6) is 0.427. The Morgan fingerprint density at radius 3 is 2.83 bits per heavy atom. The van der Waals surface area contributed by atoms with Gasteiger partial charge in [-0.15, -0.1) is 0 Å². The van der Waals surface area contributed by atoms with Crippen molar-refractivity contribution in [1.82, 2.24) is 19.6 Å². The van der Waals surface area contributed by atoms with Crippen molar-refractivity contribution in [3.63, 3.8) is 0 Å².